The Bertz CT molecular complexity index is 483. The average molecular weight is 217 g/mol. The summed E-state index contributed by atoms with van der Waals surface area (Å²) in [6.07, 6.45) is 0. The SMILES string of the molecule is CC(C)(O)c1n[nH]c(N)c1-c1ccccc1. The molecular formula is C12H15N3O. The van der Waals surface area contributed by atoms with Crippen LogP contribution >= 0.6 is 0 Å². The largest absolute Gasteiger partial charge is 0.384 e. The van der Waals surface area contributed by atoms with Gasteiger partial charge in [-0.3, -0.25) is 5.10 Å². The molecule has 0 fully saturated rings. The molecule has 1 aromatic heterocycles. The Morgan fingerprint density at radius 2 is 1.88 bits per heavy atom. The number of aromatic nitrogens is 2. The van der Waals surface area contributed by atoms with Crippen molar-refractivity contribution in [2.75, 3.05) is 5.73 Å². The summed E-state index contributed by atoms with van der Waals surface area (Å²) in [5.41, 5.74) is 7.11. The molecule has 84 valence electrons. The number of benzene rings is 1. The summed E-state index contributed by atoms with van der Waals surface area (Å²) < 4.78 is 0. The number of rotatable bonds is 2. The van der Waals surface area contributed by atoms with Crippen LogP contribution in [0.3, 0.4) is 0 Å². The normalized spacial score (nSPS) is 11.7. The number of aromatic amines is 1. The molecule has 16 heavy (non-hydrogen) atoms. The van der Waals surface area contributed by atoms with E-state index in [4.69, 9.17) is 5.73 Å². The number of nitrogen functional groups attached to an aromatic ring is 1. The summed E-state index contributed by atoms with van der Waals surface area (Å²) in [4.78, 5) is 0. The van der Waals surface area contributed by atoms with Gasteiger partial charge in [-0.2, -0.15) is 5.10 Å². The van der Waals surface area contributed by atoms with Crippen LogP contribution in [0.1, 0.15) is 19.5 Å². The lowest BCUT2D eigenvalue weighted by Crippen LogP contribution is -2.17. The predicted molar refractivity (Wildman–Crippen MR) is 63.7 cm³/mol. The second kappa shape index (κ2) is 3.64. The number of H-pyrrole nitrogens is 1. The molecule has 0 aliphatic heterocycles. The van der Waals surface area contributed by atoms with Crippen molar-refractivity contribution in [1.82, 2.24) is 10.2 Å². The third-order valence-corrected chi connectivity index (χ3v) is 2.44. The third kappa shape index (κ3) is 1.79. The van der Waals surface area contributed by atoms with Gasteiger partial charge in [0.15, 0.2) is 0 Å². The van der Waals surface area contributed by atoms with E-state index in [2.05, 4.69) is 10.2 Å². The topological polar surface area (TPSA) is 74.9 Å². The minimum atomic E-state index is -1.01. The van der Waals surface area contributed by atoms with Crippen molar-refractivity contribution in [2.45, 2.75) is 19.4 Å². The lowest BCUT2D eigenvalue weighted by atomic mass is 9.96. The first-order valence-corrected chi connectivity index (χ1v) is 5.12. The van der Waals surface area contributed by atoms with E-state index in [0.717, 1.165) is 11.1 Å². The van der Waals surface area contributed by atoms with Crippen molar-refractivity contribution < 1.29 is 5.11 Å². The molecule has 4 nitrogen and oxygen atoms in total. The average Bonchev–Trinajstić information content (AvgIpc) is 2.61. The lowest BCUT2D eigenvalue weighted by molar-refractivity contribution is 0.0744. The molecular weight excluding hydrogens is 202 g/mol. The predicted octanol–water partition coefficient (Wildman–Crippen LogP) is 1.89. The molecule has 4 heteroatoms. The van der Waals surface area contributed by atoms with E-state index in [1.807, 2.05) is 30.3 Å². The van der Waals surface area contributed by atoms with E-state index >= 15 is 0 Å². The molecule has 0 spiro atoms. The molecule has 0 amide bonds. The van der Waals surface area contributed by atoms with E-state index < -0.39 is 5.60 Å². The smallest absolute Gasteiger partial charge is 0.127 e. The summed E-state index contributed by atoms with van der Waals surface area (Å²) in [7, 11) is 0. The minimum Gasteiger partial charge on any atom is -0.384 e. The van der Waals surface area contributed by atoms with Crippen molar-refractivity contribution in [2.24, 2.45) is 0 Å². The summed E-state index contributed by atoms with van der Waals surface area (Å²) in [6.45, 7) is 3.38. The Morgan fingerprint density at radius 1 is 1.25 bits per heavy atom. The van der Waals surface area contributed by atoms with Gasteiger partial charge < -0.3 is 10.8 Å². The van der Waals surface area contributed by atoms with Gasteiger partial charge in [0.1, 0.15) is 17.1 Å². The summed E-state index contributed by atoms with van der Waals surface area (Å²) >= 11 is 0. The van der Waals surface area contributed by atoms with Gasteiger partial charge in [-0.15, -0.1) is 0 Å². The number of hydrogen-bond acceptors (Lipinski definition) is 3. The molecule has 2 rings (SSSR count). The van der Waals surface area contributed by atoms with Gasteiger partial charge in [0.25, 0.3) is 0 Å². The van der Waals surface area contributed by atoms with E-state index in [0.29, 0.717) is 11.5 Å². The maximum atomic E-state index is 10.0. The number of aliphatic hydroxyl groups is 1. The molecule has 1 heterocycles. The zero-order valence-electron chi connectivity index (χ0n) is 9.36. The first-order valence-electron chi connectivity index (χ1n) is 5.12. The molecule has 0 aliphatic carbocycles. The zero-order valence-corrected chi connectivity index (χ0v) is 9.36. The fourth-order valence-electron chi connectivity index (χ4n) is 1.70. The summed E-state index contributed by atoms with van der Waals surface area (Å²) in [6, 6.07) is 9.67. The Hall–Kier alpha value is -1.81. The van der Waals surface area contributed by atoms with Crippen LogP contribution in [0, 0.1) is 0 Å². The maximum absolute atomic E-state index is 10.0. The first-order chi connectivity index (χ1) is 7.50. The van der Waals surface area contributed by atoms with Crippen LogP contribution in [0.2, 0.25) is 0 Å². The second-order valence-corrected chi connectivity index (χ2v) is 4.29. The molecule has 0 aliphatic rings. The molecule has 0 unspecified atom stereocenters. The molecule has 2 aromatic rings. The Morgan fingerprint density at radius 3 is 2.44 bits per heavy atom. The Labute approximate surface area is 94.1 Å². The fraction of sp³-hybridized carbons (Fsp3) is 0.250. The molecule has 1 aromatic carbocycles. The molecule has 0 radical (unpaired) electrons. The van der Waals surface area contributed by atoms with Gasteiger partial charge in [-0.05, 0) is 19.4 Å². The maximum Gasteiger partial charge on any atom is 0.127 e. The monoisotopic (exact) mass is 217 g/mol. The second-order valence-electron chi connectivity index (χ2n) is 4.29. The van der Waals surface area contributed by atoms with Crippen molar-refractivity contribution in [3.05, 3.63) is 36.0 Å². The van der Waals surface area contributed by atoms with Crippen LogP contribution in [-0.2, 0) is 5.60 Å². The van der Waals surface area contributed by atoms with Crippen LogP contribution in [0.25, 0.3) is 11.1 Å². The Balaban J connectivity index is 2.61. The number of hydrogen-bond donors (Lipinski definition) is 3. The molecule has 0 saturated carbocycles. The van der Waals surface area contributed by atoms with Crippen LogP contribution in [0.5, 0.6) is 0 Å². The van der Waals surface area contributed by atoms with E-state index in [1.54, 1.807) is 13.8 Å². The fourth-order valence-corrected chi connectivity index (χ4v) is 1.70. The summed E-state index contributed by atoms with van der Waals surface area (Å²) in [5, 5.41) is 16.8. The van der Waals surface area contributed by atoms with Crippen molar-refractivity contribution in [3.8, 4) is 11.1 Å². The molecule has 4 N–H and O–H groups in total. The van der Waals surface area contributed by atoms with Crippen LogP contribution in [0.15, 0.2) is 30.3 Å². The molecule has 0 bridgehead atoms. The number of nitrogens with one attached hydrogen (secondary N) is 1. The number of anilines is 1. The van der Waals surface area contributed by atoms with Crippen LogP contribution in [0.4, 0.5) is 5.82 Å². The van der Waals surface area contributed by atoms with E-state index in [1.165, 1.54) is 0 Å². The van der Waals surface area contributed by atoms with Gasteiger partial charge in [0.2, 0.25) is 0 Å². The van der Waals surface area contributed by atoms with Gasteiger partial charge >= 0.3 is 0 Å². The van der Waals surface area contributed by atoms with Gasteiger partial charge in [0, 0.05) is 5.56 Å². The quantitative estimate of drug-likeness (QED) is 0.719. The van der Waals surface area contributed by atoms with E-state index in [9.17, 15) is 5.11 Å². The molecule has 0 atom stereocenters. The lowest BCUT2D eigenvalue weighted by Gasteiger charge is -2.16. The van der Waals surface area contributed by atoms with Gasteiger partial charge in [-0.25, -0.2) is 0 Å². The first kappa shape index (κ1) is 10.7. The number of nitrogens with two attached hydrogens (primary N) is 1. The summed E-state index contributed by atoms with van der Waals surface area (Å²) in [5.74, 6) is 0.475. The Kier molecular flexibility index (Phi) is 2.44. The highest BCUT2D eigenvalue weighted by Gasteiger charge is 2.25. The minimum absolute atomic E-state index is 0.475. The standard InChI is InChI=1S/C12H15N3O/c1-12(2,16)10-9(11(13)15-14-10)8-6-4-3-5-7-8/h3-7,16H,1-2H3,(H3,13,14,15). The van der Waals surface area contributed by atoms with Crippen LogP contribution < -0.4 is 5.73 Å². The molecule has 0 saturated heterocycles. The van der Waals surface area contributed by atoms with Crippen LogP contribution in [-0.4, -0.2) is 15.3 Å². The highest BCUT2D eigenvalue weighted by atomic mass is 16.3. The van der Waals surface area contributed by atoms with E-state index in [-0.39, 0.29) is 0 Å². The van der Waals surface area contributed by atoms with Gasteiger partial charge in [0.05, 0.1) is 0 Å². The van der Waals surface area contributed by atoms with Crippen molar-refractivity contribution >= 4 is 5.82 Å². The number of nitrogens with zero attached hydrogens (tertiary/aromatic N) is 1. The zero-order chi connectivity index (χ0) is 11.8. The van der Waals surface area contributed by atoms with Gasteiger partial charge in [-0.1, -0.05) is 30.3 Å². The highest BCUT2D eigenvalue weighted by molar-refractivity contribution is 5.76. The van der Waals surface area contributed by atoms with Crippen molar-refractivity contribution in [1.29, 1.82) is 0 Å². The van der Waals surface area contributed by atoms with Crippen molar-refractivity contribution in [3.63, 3.8) is 0 Å². The third-order valence-electron chi connectivity index (χ3n) is 2.44. The highest BCUT2D eigenvalue weighted by Crippen LogP contribution is 2.33.